The molecule has 2 rings (SSSR count). The Kier molecular flexibility index (Phi) is 7.38. The van der Waals surface area contributed by atoms with Gasteiger partial charge in [0.25, 0.3) is 10.1 Å². The van der Waals surface area contributed by atoms with Gasteiger partial charge in [0.15, 0.2) is 0 Å². The van der Waals surface area contributed by atoms with Gasteiger partial charge in [0.1, 0.15) is 0 Å². The number of carbonyl (C=O) groups is 2. The molecular formula is C19H26O7S. The lowest BCUT2D eigenvalue weighted by Gasteiger charge is -2.32. The van der Waals surface area contributed by atoms with Gasteiger partial charge in [-0.1, -0.05) is 18.9 Å². The van der Waals surface area contributed by atoms with Gasteiger partial charge in [-0.15, -0.1) is 0 Å². The maximum atomic E-state index is 11.5. The maximum Gasteiger partial charge on any atom is 0.303 e. The Labute approximate surface area is 159 Å². The first-order valence-corrected chi connectivity index (χ1v) is 10.7. The highest BCUT2D eigenvalue weighted by molar-refractivity contribution is 7.85. The van der Waals surface area contributed by atoms with E-state index in [0.29, 0.717) is 12.8 Å². The average molecular weight is 398 g/mol. The highest BCUT2D eigenvalue weighted by Crippen LogP contribution is 2.43. The van der Waals surface area contributed by atoms with Crippen LogP contribution in [-0.2, 0) is 19.7 Å². The minimum Gasteiger partial charge on any atom is -0.481 e. The number of benzene rings is 1. The fourth-order valence-electron chi connectivity index (χ4n) is 3.89. The SMILES string of the molecule is O=C(O)CCCCCC1CCC(CCC(=O)O)c2ccc(S(=O)(=O)O)cc21. The van der Waals surface area contributed by atoms with E-state index in [1.54, 1.807) is 6.07 Å². The zero-order valence-corrected chi connectivity index (χ0v) is 16.0. The topological polar surface area (TPSA) is 129 Å². The van der Waals surface area contributed by atoms with Crippen molar-refractivity contribution in [3.8, 4) is 0 Å². The summed E-state index contributed by atoms with van der Waals surface area (Å²) in [6, 6.07) is 4.58. The molecule has 8 heteroatoms. The fourth-order valence-corrected chi connectivity index (χ4v) is 4.41. The molecule has 0 aromatic heterocycles. The van der Waals surface area contributed by atoms with E-state index in [2.05, 4.69) is 0 Å². The molecule has 7 nitrogen and oxygen atoms in total. The third-order valence-electron chi connectivity index (χ3n) is 5.25. The van der Waals surface area contributed by atoms with E-state index in [-0.39, 0.29) is 29.6 Å². The summed E-state index contributed by atoms with van der Waals surface area (Å²) in [5.74, 6) is -1.47. The van der Waals surface area contributed by atoms with E-state index >= 15 is 0 Å². The molecule has 1 aromatic carbocycles. The quantitative estimate of drug-likeness (QED) is 0.404. The molecule has 2 atom stereocenters. The first-order valence-electron chi connectivity index (χ1n) is 9.23. The molecular weight excluding hydrogens is 372 g/mol. The molecule has 150 valence electrons. The number of unbranched alkanes of at least 4 members (excludes halogenated alkanes) is 2. The lowest BCUT2D eigenvalue weighted by Crippen LogP contribution is -2.17. The van der Waals surface area contributed by atoms with Crippen LogP contribution in [0, 0.1) is 0 Å². The minimum atomic E-state index is -4.30. The highest BCUT2D eigenvalue weighted by atomic mass is 32.2. The van der Waals surface area contributed by atoms with Crippen molar-refractivity contribution in [2.75, 3.05) is 0 Å². The molecule has 1 aliphatic carbocycles. The molecule has 0 spiro atoms. The zero-order valence-electron chi connectivity index (χ0n) is 15.1. The van der Waals surface area contributed by atoms with E-state index < -0.39 is 22.1 Å². The lowest BCUT2D eigenvalue weighted by molar-refractivity contribution is -0.138. The molecule has 0 radical (unpaired) electrons. The van der Waals surface area contributed by atoms with Gasteiger partial charge in [0.05, 0.1) is 4.90 Å². The number of rotatable bonds is 10. The second-order valence-corrected chi connectivity index (χ2v) is 8.58. The summed E-state index contributed by atoms with van der Waals surface area (Å²) in [5, 5.41) is 17.6. The summed E-state index contributed by atoms with van der Waals surface area (Å²) in [7, 11) is -4.30. The minimum absolute atomic E-state index is 0.0595. The van der Waals surface area contributed by atoms with Gasteiger partial charge in [-0.3, -0.25) is 14.1 Å². The standard InChI is InChI=1S/C19H26O7S/c20-18(21)5-3-1-2-4-13-6-7-14(8-11-19(22)23)16-10-9-15(12-17(13)16)27(24,25)26/h9-10,12-14H,1-8,11H2,(H,20,21)(H,22,23)(H,24,25,26). The zero-order chi connectivity index (χ0) is 20.0. The molecule has 3 N–H and O–H groups in total. The van der Waals surface area contributed by atoms with Crippen LogP contribution < -0.4 is 0 Å². The van der Waals surface area contributed by atoms with Gasteiger partial charge in [0.2, 0.25) is 0 Å². The van der Waals surface area contributed by atoms with Crippen molar-refractivity contribution >= 4 is 22.1 Å². The second-order valence-electron chi connectivity index (χ2n) is 7.16. The number of hydrogen-bond acceptors (Lipinski definition) is 4. The number of carboxylic acids is 2. The fraction of sp³-hybridized carbons (Fsp3) is 0.579. The summed E-state index contributed by atoms with van der Waals surface area (Å²) in [6.45, 7) is 0. The first-order chi connectivity index (χ1) is 12.7. The van der Waals surface area contributed by atoms with Crippen LogP contribution in [-0.4, -0.2) is 35.1 Å². The van der Waals surface area contributed by atoms with Crippen molar-refractivity contribution < 1.29 is 32.8 Å². The van der Waals surface area contributed by atoms with Crippen molar-refractivity contribution in [1.29, 1.82) is 0 Å². The molecule has 0 aliphatic heterocycles. The maximum absolute atomic E-state index is 11.5. The Bertz CT molecular complexity index is 785. The van der Waals surface area contributed by atoms with E-state index in [9.17, 15) is 22.6 Å². The summed E-state index contributed by atoms with van der Waals surface area (Å²) in [6.07, 6.45) is 5.42. The normalized spacial score (nSPS) is 19.4. The van der Waals surface area contributed by atoms with Gasteiger partial charge < -0.3 is 10.2 Å². The van der Waals surface area contributed by atoms with E-state index in [1.807, 2.05) is 0 Å². The highest BCUT2D eigenvalue weighted by Gasteiger charge is 2.28. The largest absolute Gasteiger partial charge is 0.481 e. The summed E-state index contributed by atoms with van der Waals surface area (Å²) < 4.78 is 32.4. The molecule has 1 aromatic rings. The summed E-state index contributed by atoms with van der Waals surface area (Å²) in [5.41, 5.74) is 1.83. The number of carboxylic acid groups (broad SMARTS) is 2. The molecule has 0 heterocycles. The Morgan fingerprint density at radius 1 is 0.889 bits per heavy atom. The molecule has 27 heavy (non-hydrogen) atoms. The summed E-state index contributed by atoms with van der Waals surface area (Å²) in [4.78, 5) is 21.3. The molecule has 0 fully saturated rings. The third-order valence-corrected chi connectivity index (χ3v) is 6.10. The Hall–Kier alpha value is -1.93. The van der Waals surface area contributed by atoms with Crippen LogP contribution >= 0.6 is 0 Å². The molecule has 1 aliphatic rings. The van der Waals surface area contributed by atoms with Crippen molar-refractivity contribution in [2.24, 2.45) is 0 Å². The van der Waals surface area contributed by atoms with E-state index in [1.165, 1.54) is 12.1 Å². The van der Waals surface area contributed by atoms with Crippen LogP contribution in [0.4, 0.5) is 0 Å². The number of hydrogen-bond donors (Lipinski definition) is 3. The van der Waals surface area contributed by atoms with Gasteiger partial charge in [-0.2, -0.15) is 8.42 Å². The lowest BCUT2D eigenvalue weighted by atomic mass is 9.73. The summed E-state index contributed by atoms with van der Waals surface area (Å²) >= 11 is 0. The van der Waals surface area contributed by atoms with Crippen LogP contribution in [0.5, 0.6) is 0 Å². The van der Waals surface area contributed by atoms with Gasteiger partial charge >= 0.3 is 11.9 Å². The van der Waals surface area contributed by atoms with E-state index in [0.717, 1.165) is 43.2 Å². The Morgan fingerprint density at radius 3 is 2.11 bits per heavy atom. The molecule has 0 saturated heterocycles. The van der Waals surface area contributed by atoms with Gasteiger partial charge in [-0.05, 0) is 67.2 Å². The number of aliphatic carboxylic acids is 2. The first kappa shape index (κ1) is 21.4. The Morgan fingerprint density at radius 2 is 1.52 bits per heavy atom. The monoisotopic (exact) mass is 398 g/mol. The van der Waals surface area contributed by atoms with Crippen LogP contribution in [0.1, 0.15) is 80.8 Å². The van der Waals surface area contributed by atoms with Crippen molar-refractivity contribution in [2.45, 2.75) is 74.5 Å². The molecule has 2 unspecified atom stereocenters. The predicted octanol–water partition coefficient (Wildman–Crippen LogP) is 3.79. The Balaban J connectivity index is 2.16. The van der Waals surface area contributed by atoms with Crippen molar-refractivity contribution in [1.82, 2.24) is 0 Å². The predicted molar refractivity (Wildman–Crippen MR) is 98.6 cm³/mol. The molecule has 0 bridgehead atoms. The van der Waals surface area contributed by atoms with Crippen LogP contribution in [0.2, 0.25) is 0 Å². The second kappa shape index (κ2) is 9.32. The number of fused-ring (bicyclic) bond motifs is 1. The van der Waals surface area contributed by atoms with E-state index in [4.69, 9.17) is 10.2 Å². The van der Waals surface area contributed by atoms with Crippen LogP contribution in [0.15, 0.2) is 23.1 Å². The average Bonchev–Trinajstić information content (AvgIpc) is 2.58. The van der Waals surface area contributed by atoms with Gasteiger partial charge in [-0.25, -0.2) is 0 Å². The molecule has 0 amide bonds. The smallest absolute Gasteiger partial charge is 0.303 e. The molecule has 0 saturated carbocycles. The van der Waals surface area contributed by atoms with Crippen molar-refractivity contribution in [3.63, 3.8) is 0 Å². The van der Waals surface area contributed by atoms with Crippen molar-refractivity contribution in [3.05, 3.63) is 29.3 Å². The van der Waals surface area contributed by atoms with Crippen LogP contribution in [0.3, 0.4) is 0 Å². The van der Waals surface area contributed by atoms with Crippen LogP contribution in [0.25, 0.3) is 0 Å². The third kappa shape index (κ3) is 6.32. The van der Waals surface area contributed by atoms with Gasteiger partial charge in [0, 0.05) is 12.8 Å².